The minimum Gasteiger partial charge on any atom is -0.326 e. The Kier molecular flexibility index (Phi) is 10.3. The summed E-state index contributed by atoms with van der Waals surface area (Å²) in [5.74, 6) is 0.924. The van der Waals surface area contributed by atoms with E-state index in [1.807, 2.05) is 36.4 Å². The molecule has 0 aliphatic rings. The Balaban J connectivity index is 1.60. The van der Waals surface area contributed by atoms with Gasteiger partial charge in [0.25, 0.3) is 0 Å². The van der Waals surface area contributed by atoms with Crippen LogP contribution in [-0.4, -0.2) is 11.8 Å². The van der Waals surface area contributed by atoms with E-state index in [2.05, 4.69) is 50.5 Å². The van der Waals surface area contributed by atoms with Crippen LogP contribution in [0.4, 0.5) is 11.4 Å². The maximum Gasteiger partial charge on any atom is 0.224 e. The Hall–Kier alpha value is -2.62. The summed E-state index contributed by atoms with van der Waals surface area (Å²) in [5.41, 5.74) is 4.19. The molecule has 0 aliphatic heterocycles. The summed E-state index contributed by atoms with van der Waals surface area (Å²) in [6.07, 6.45) is 5.91. The second-order valence-electron chi connectivity index (χ2n) is 8.85. The van der Waals surface area contributed by atoms with Crippen LogP contribution in [0.5, 0.6) is 0 Å². The molecule has 2 aromatic rings. The summed E-state index contributed by atoms with van der Waals surface area (Å²) in [5, 5.41) is 6.11. The highest BCUT2D eigenvalue weighted by Crippen LogP contribution is 2.25. The minimum absolute atomic E-state index is 0.0799. The molecule has 0 bridgehead atoms. The van der Waals surface area contributed by atoms with Crippen molar-refractivity contribution in [3.8, 4) is 0 Å². The number of unbranched alkanes of at least 4 members (excludes halogenated alkanes) is 4. The maximum atomic E-state index is 12.3. The first-order valence-electron chi connectivity index (χ1n) is 11.7. The van der Waals surface area contributed by atoms with Gasteiger partial charge in [0.1, 0.15) is 0 Å². The molecular weight excluding hydrogens is 384 g/mol. The van der Waals surface area contributed by atoms with Crippen molar-refractivity contribution in [2.75, 3.05) is 10.6 Å². The van der Waals surface area contributed by atoms with Crippen molar-refractivity contribution in [3.05, 3.63) is 59.7 Å². The number of nitrogens with one attached hydrogen (secondary N) is 2. The fraction of sp³-hybridized carbons (Fsp3) is 0.481. The van der Waals surface area contributed by atoms with Crippen LogP contribution in [-0.2, 0) is 9.59 Å². The van der Waals surface area contributed by atoms with E-state index in [9.17, 15) is 9.59 Å². The summed E-state index contributed by atoms with van der Waals surface area (Å²) in [6, 6.07) is 16.0. The van der Waals surface area contributed by atoms with Crippen molar-refractivity contribution in [1.82, 2.24) is 0 Å². The molecule has 2 rings (SSSR count). The van der Waals surface area contributed by atoms with Gasteiger partial charge in [0.15, 0.2) is 0 Å². The highest BCUT2D eigenvalue weighted by molar-refractivity contribution is 5.92. The third-order valence-electron chi connectivity index (χ3n) is 5.52. The van der Waals surface area contributed by atoms with Gasteiger partial charge in [0, 0.05) is 24.2 Å². The molecule has 0 atom stereocenters. The standard InChI is InChI=1S/C27H38N2O2/c1-20(2)22-14-10-12-16-24(22)28-26(30)18-8-6-5-7-9-19-27(31)29-25-17-13-11-15-23(25)21(3)4/h10-17,20-21H,5-9,18-19H2,1-4H3,(H,28,30)(H,29,31). The van der Waals surface area contributed by atoms with Crippen LogP contribution < -0.4 is 10.6 Å². The third kappa shape index (κ3) is 8.56. The first-order valence-corrected chi connectivity index (χ1v) is 11.7. The van der Waals surface area contributed by atoms with Gasteiger partial charge >= 0.3 is 0 Å². The van der Waals surface area contributed by atoms with Gasteiger partial charge in [-0.1, -0.05) is 83.4 Å². The maximum absolute atomic E-state index is 12.3. The van der Waals surface area contributed by atoms with Gasteiger partial charge in [-0.25, -0.2) is 0 Å². The average molecular weight is 423 g/mol. The van der Waals surface area contributed by atoms with E-state index in [0.717, 1.165) is 43.5 Å². The van der Waals surface area contributed by atoms with E-state index < -0.39 is 0 Å². The lowest BCUT2D eigenvalue weighted by atomic mass is 10.0. The molecule has 31 heavy (non-hydrogen) atoms. The van der Waals surface area contributed by atoms with Gasteiger partial charge in [-0.15, -0.1) is 0 Å². The van der Waals surface area contributed by atoms with E-state index in [0.29, 0.717) is 24.7 Å². The molecule has 2 amide bonds. The van der Waals surface area contributed by atoms with Gasteiger partial charge in [-0.2, -0.15) is 0 Å². The van der Waals surface area contributed by atoms with Crippen LogP contribution in [0.15, 0.2) is 48.5 Å². The summed E-state index contributed by atoms with van der Waals surface area (Å²) in [6.45, 7) is 8.53. The molecule has 0 fully saturated rings. The molecule has 2 N–H and O–H groups in total. The normalized spacial score (nSPS) is 11.0. The number of para-hydroxylation sites is 2. The first kappa shape index (κ1) is 24.6. The van der Waals surface area contributed by atoms with Crippen molar-refractivity contribution < 1.29 is 9.59 Å². The molecule has 0 radical (unpaired) electrons. The van der Waals surface area contributed by atoms with E-state index in [1.54, 1.807) is 0 Å². The zero-order valence-corrected chi connectivity index (χ0v) is 19.5. The third-order valence-corrected chi connectivity index (χ3v) is 5.52. The number of carbonyl (C=O) groups excluding carboxylic acids is 2. The van der Waals surface area contributed by atoms with Crippen LogP contribution >= 0.6 is 0 Å². The predicted molar refractivity (Wildman–Crippen MR) is 131 cm³/mol. The Labute approximate surface area is 187 Å². The number of hydrogen-bond donors (Lipinski definition) is 2. The number of carbonyl (C=O) groups is 2. The monoisotopic (exact) mass is 422 g/mol. The van der Waals surface area contributed by atoms with E-state index in [1.165, 1.54) is 11.1 Å². The van der Waals surface area contributed by atoms with Gasteiger partial charge in [0.2, 0.25) is 11.8 Å². The molecule has 4 heteroatoms. The molecule has 0 unspecified atom stereocenters. The topological polar surface area (TPSA) is 58.2 Å². The van der Waals surface area contributed by atoms with Crippen molar-refractivity contribution in [3.63, 3.8) is 0 Å². The minimum atomic E-state index is 0.0799. The van der Waals surface area contributed by atoms with E-state index in [-0.39, 0.29) is 11.8 Å². The Morgan fingerprint density at radius 1 is 0.613 bits per heavy atom. The second kappa shape index (κ2) is 12.9. The zero-order chi connectivity index (χ0) is 22.6. The lowest BCUT2D eigenvalue weighted by molar-refractivity contribution is -0.117. The summed E-state index contributed by atoms with van der Waals surface area (Å²) < 4.78 is 0. The Morgan fingerprint density at radius 3 is 1.35 bits per heavy atom. The van der Waals surface area contributed by atoms with E-state index in [4.69, 9.17) is 0 Å². The smallest absolute Gasteiger partial charge is 0.224 e. The molecule has 168 valence electrons. The lowest BCUT2D eigenvalue weighted by Gasteiger charge is -2.13. The number of benzene rings is 2. The largest absolute Gasteiger partial charge is 0.326 e. The molecule has 0 aromatic heterocycles. The molecule has 0 saturated carbocycles. The summed E-state index contributed by atoms with van der Waals surface area (Å²) in [4.78, 5) is 24.5. The summed E-state index contributed by atoms with van der Waals surface area (Å²) in [7, 11) is 0. The zero-order valence-electron chi connectivity index (χ0n) is 19.5. The van der Waals surface area contributed by atoms with Gasteiger partial charge < -0.3 is 10.6 Å². The SMILES string of the molecule is CC(C)c1ccccc1NC(=O)CCCCCCCC(=O)Nc1ccccc1C(C)C. The average Bonchev–Trinajstić information content (AvgIpc) is 2.73. The molecule has 0 saturated heterocycles. The van der Waals surface area contributed by atoms with Gasteiger partial charge in [-0.05, 0) is 47.9 Å². The quantitative estimate of drug-likeness (QED) is 0.354. The highest BCUT2D eigenvalue weighted by atomic mass is 16.2. The van der Waals surface area contributed by atoms with Crippen LogP contribution in [0.2, 0.25) is 0 Å². The van der Waals surface area contributed by atoms with Crippen LogP contribution in [0, 0.1) is 0 Å². The highest BCUT2D eigenvalue weighted by Gasteiger charge is 2.10. The van der Waals surface area contributed by atoms with Crippen LogP contribution in [0.25, 0.3) is 0 Å². The van der Waals surface area contributed by atoms with Crippen molar-refractivity contribution in [2.24, 2.45) is 0 Å². The van der Waals surface area contributed by atoms with E-state index >= 15 is 0 Å². The number of hydrogen-bond acceptors (Lipinski definition) is 2. The van der Waals surface area contributed by atoms with Gasteiger partial charge in [0.05, 0.1) is 0 Å². The van der Waals surface area contributed by atoms with Crippen LogP contribution in [0.3, 0.4) is 0 Å². The predicted octanol–water partition coefficient (Wildman–Crippen LogP) is 7.24. The fourth-order valence-electron chi connectivity index (χ4n) is 3.76. The first-order chi connectivity index (χ1) is 14.9. The molecule has 0 aliphatic carbocycles. The molecule has 0 spiro atoms. The number of anilines is 2. The summed E-state index contributed by atoms with van der Waals surface area (Å²) >= 11 is 0. The fourth-order valence-corrected chi connectivity index (χ4v) is 3.76. The van der Waals surface area contributed by atoms with Crippen molar-refractivity contribution in [2.45, 2.75) is 84.5 Å². The lowest BCUT2D eigenvalue weighted by Crippen LogP contribution is -2.13. The van der Waals surface area contributed by atoms with Crippen molar-refractivity contribution >= 4 is 23.2 Å². The van der Waals surface area contributed by atoms with Gasteiger partial charge in [-0.3, -0.25) is 9.59 Å². The Bertz CT molecular complexity index is 773. The molecular formula is C27H38N2O2. The molecule has 4 nitrogen and oxygen atoms in total. The molecule has 2 aromatic carbocycles. The number of rotatable bonds is 12. The number of amides is 2. The van der Waals surface area contributed by atoms with Crippen LogP contribution in [0.1, 0.15) is 95.6 Å². The van der Waals surface area contributed by atoms with Crippen molar-refractivity contribution in [1.29, 1.82) is 0 Å². The molecule has 0 heterocycles. The Morgan fingerprint density at radius 2 is 0.968 bits per heavy atom. The second-order valence-corrected chi connectivity index (χ2v) is 8.85.